The van der Waals surface area contributed by atoms with Gasteiger partial charge in [0.2, 0.25) is 0 Å². The minimum absolute atomic E-state index is 0.0326. The van der Waals surface area contributed by atoms with Crippen molar-refractivity contribution in [2.75, 3.05) is 13.7 Å². The van der Waals surface area contributed by atoms with Crippen molar-refractivity contribution in [1.82, 2.24) is 5.32 Å². The lowest BCUT2D eigenvalue weighted by molar-refractivity contribution is 0.186. The van der Waals surface area contributed by atoms with E-state index in [-0.39, 0.29) is 6.61 Å². The van der Waals surface area contributed by atoms with Gasteiger partial charge >= 0.3 is 0 Å². The molecule has 0 saturated carbocycles. The Bertz CT molecular complexity index is 659. The lowest BCUT2D eigenvalue weighted by Gasteiger charge is -2.25. The van der Waals surface area contributed by atoms with Crippen LogP contribution in [0.15, 0.2) is 42.5 Å². The second kappa shape index (κ2) is 8.38. The maximum absolute atomic E-state index is 9.40. The highest BCUT2D eigenvalue weighted by molar-refractivity contribution is 6.30. The number of hydrogen-bond acceptors (Lipinski definition) is 4. The van der Waals surface area contributed by atoms with Gasteiger partial charge < -0.3 is 19.9 Å². The van der Waals surface area contributed by atoms with Gasteiger partial charge in [0, 0.05) is 28.7 Å². The first kappa shape index (κ1) is 18.6. The van der Waals surface area contributed by atoms with E-state index in [1.54, 1.807) is 13.2 Å². The fourth-order valence-corrected chi connectivity index (χ4v) is 2.42. The SMILES string of the molecule is COc1cc(Cl)cc(CNC(C)(C)CO)c1OCc1ccccc1. The molecule has 0 bridgehead atoms. The van der Waals surface area contributed by atoms with E-state index in [1.807, 2.05) is 50.2 Å². The summed E-state index contributed by atoms with van der Waals surface area (Å²) in [5.41, 5.74) is 1.56. The van der Waals surface area contributed by atoms with Gasteiger partial charge in [0.25, 0.3) is 0 Å². The van der Waals surface area contributed by atoms with Gasteiger partial charge in [-0.3, -0.25) is 0 Å². The fraction of sp³-hybridized carbons (Fsp3) is 0.368. The van der Waals surface area contributed by atoms with Crippen molar-refractivity contribution in [2.45, 2.75) is 32.5 Å². The number of nitrogens with one attached hydrogen (secondary N) is 1. The first-order valence-electron chi connectivity index (χ1n) is 7.84. The first-order chi connectivity index (χ1) is 11.4. The summed E-state index contributed by atoms with van der Waals surface area (Å²) in [6.07, 6.45) is 0. The standard InChI is InChI=1S/C19H24ClNO3/c1-19(2,13-22)21-11-15-9-16(20)10-17(23-3)18(15)24-12-14-7-5-4-6-8-14/h4-10,21-22H,11-13H2,1-3H3. The molecule has 2 aromatic carbocycles. The molecule has 0 heterocycles. The molecule has 0 spiro atoms. The van der Waals surface area contributed by atoms with E-state index in [1.165, 1.54) is 0 Å². The van der Waals surface area contributed by atoms with Crippen LogP contribution in [-0.2, 0) is 13.2 Å². The first-order valence-corrected chi connectivity index (χ1v) is 8.22. The molecule has 0 unspecified atom stereocenters. The van der Waals surface area contributed by atoms with E-state index < -0.39 is 5.54 Å². The van der Waals surface area contributed by atoms with Crippen LogP contribution in [0.4, 0.5) is 0 Å². The van der Waals surface area contributed by atoms with Crippen molar-refractivity contribution in [1.29, 1.82) is 0 Å². The van der Waals surface area contributed by atoms with Crippen LogP contribution in [-0.4, -0.2) is 24.4 Å². The van der Waals surface area contributed by atoms with Gasteiger partial charge in [0.1, 0.15) is 6.61 Å². The maximum Gasteiger partial charge on any atom is 0.166 e. The normalized spacial score (nSPS) is 11.4. The number of aliphatic hydroxyl groups excluding tert-OH is 1. The molecule has 2 aromatic rings. The predicted molar refractivity (Wildman–Crippen MR) is 96.8 cm³/mol. The number of rotatable bonds is 8. The minimum atomic E-state index is -0.397. The number of hydrogen-bond donors (Lipinski definition) is 2. The molecule has 0 fully saturated rings. The Morgan fingerprint density at radius 3 is 2.50 bits per heavy atom. The molecular formula is C19H24ClNO3. The summed E-state index contributed by atoms with van der Waals surface area (Å²) in [6, 6.07) is 13.5. The topological polar surface area (TPSA) is 50.7 Å². The molecule has 0 amide bonds. The zero-order valence-corrected chi connectivity index (χ0v) is 15.1. The van der Waals surface area contributed by atoms with Crippen molar-refractivity contribution < 1.29 is 14.6 Å². The van der Waals surface area contributed by atoms with E-state index in [9.17, 15) is 5.11 Å². The second-order valence-electron chi connectivity index (χ2n) is 6.27. The van der Waals surface area contributed by atoms with Crippen molar-refractivity contribution in [3.05, 3.63) is 58.6 Å². The predicted octanol–water partition coefficient (Wildman–Crippen LogP) is 3.79. The molecule has 5 heteroatoms. The zero-order valence-electron chi connectivity index (χ0n) is 14.3. The molecule has 0 radical (unpaired) electrons. The summed E-state index contributed by atoms with van der Waals surface area (Å²) in [5, 5.41) is 13.3. The molecule has 24 heavy (non-hydrogen) atoms. The van der Waals surface area contributed by atoms with Crippen molar-refractivity contribution in [3.63, 3.8) is 0 Å². The summed E-state index contributed by atoms with van der Waals surface area (Å²) in [4.78, 5) is 0. The molecule has 0 aliphatic carbocycles. The summed E-state index contributed by atoms with van der Waals surface area (Å²) in [7, 11) is 1.59. The highest BCUT2D eigenvalue weighted by Crippen LogP contribution is 2.35. The van der Waals surface area contributed by atoms with Crippen LogP contribution < -0.4 is 14.8 Å². The Hall–Kier alpha value is -1.75. The van der Waals surface area contributed by atoms with Gasteiger partial charge in [0.05, 0.1) is 13.7 Å². The van der Waals surface area contributed by atoms with E-state index in [4.69, 9.17) is 21.1 Å². The minimum Gasteiger partial charge on any atom is -0.493 e. The number of ether oxygens (including phenoxy) is 2. The highest BCUT2D eigenvalue weighted by Gasteiger charge is 2.18. The quantitative estimate of drug-likeness (QED) is 0.761. The average molecular weight is 350 g/mol. The van der Waals surface area contributed by atoms with Gasteiger partial charge in [-0.25, -0.2) is 0 Å². The number of aliphatic hydroxyl groups is 1. The third kappa shape index (κ3) is 5.13. The van der Waals surface area contributed by atoms with Crippen molar-refractivity contribution >= 4 is 11.6 Å². The van der Waals surface area contributed by atoms with Crippen LogP contribution in [0.1, 0.15) is 25.0 Å². The van der Waals surface area contributed by atoms with Gasteiger partial charge in [-0.1, -0.05) is 41.9 Å². The summed E-state index contributed by atoms with van der Waals surface area (Å²) in [5.74, 6) is 1.25. The van der Waals surface area contributed by atoms with E-state index in [2.05, 4.69) is 5.32 Å². The summed E-state index contributed by atoms with van der Waals surface area (Å²) >= 11 is 6.19. The smallest absolute Gasteiger partial charge is 0.166 e. The number of halogens is 1. The lowest BCUT2D eigenvalue weighted by Crippen LogP contribution is -2.42. The molecule has 130 valence electrons. The van der Waals surface area contributed by atoms with Crippen LogP contribution in [0.2, 0.25) is 5.02 Å². The Morgan fingerprint density at radius 1 is 1.17 bits per heavy atom. The van der Waals surface area contributed by atoms with Gasteiger partial charge in [-0.2, -0.15) is 0 Å². The van der Waals surface area contributed by atoms with Gasteiger partial charge in [-0.05, 0) is 25.5 Å². The van der Waals surface area contributed by atoms with Crippen molar-refractivity contribution in [2.24, 2.45) is 0 Å². The van der Waals surface area contributed by atoms with E-state index >= 15 is 0 Å². The monoisotopic (exact) mass is 349 g/mol. The molecule has 0 atom stereocenters. The zero-order chi connectivity index (χ0) is 17.6. The van der Waals surface area contributed by atoms with Crippen LogP contribution in [0.3, 0.4) is 0 Å². The Labute approximate surface area is 148 Å². The molecule has 0 aromatic heterocycles. The van der Waals surface area contributed by atoms with E-state index in [0.29, 0.717) is 29.7 Å². The van der Waals surface area contributed by atoms with Crippen LogP contribution in [0.5, 0.6) is 11.5 Å². The molecule has 0 aliphatic rings. The third-order valence-corrected chi connectivity index (χ3v) is 3.91. The summed E-state index contributed by atoms with van der Waals surface area (Å²) < 4.78 is 11.4. The van der Waals surface area contributed by atoms with E-state index in [0.717, 1.165) is 11.1 Å². The Morgan fingerprint density at radius 2 is 1.88 bits per heavy atom. The van der Waals surface area contributed by atoms with Gasteiger partial charge in [0.15, 0.2) is 11.5 Å². The largest absolute Gasteiger partial charge is 0.493 e. The Balaban J connectivity index is 2.22. The number of benzene rings is 2. The van der Waals surface area contributed by atoms with Crippen LogP contribution >= 0.6 is 11.6 Å². The van der Waals surface area contributed by atoms with Crippen molar-refractivity contribution in [3.8, 4) is 11.5 Å². The molecular weight excluding hydrogens is 326 g/mol. The fourth-order valence-electron chi connectivity index (χ4n) is 2.19. The second-order valence-corrected chi connectivity index (χ2v) is 6.70. The van der Waals surface area contributed by atoms with Crippen LogP contribution in [0, 0.1) is 0 Å². The Kier molecular flexibility index (Phi) is 6.49. The third-order valence-electron chi connectivity index (χ3n) is 3.70. The molecule has 4 nitrogen and oxygen atoms in total. The van der Waals surface area contributed by atoms with Gasteiger partial charge in [-0.15, -0.1) is 0 Å². The molecule has 2 N–H and O–H groups in total. The van der Waals surface area contributed by atoms with Crippen LogP contribution in [0.25, 0.3) is 0 Å². The number of methoxy groups -OCH3 is 1. The molecule has 0 aliphatic heterocycles. The molecule has 2 rings (SSSR count). The lowest BCUT2D eigenvalue weighted by atomic mass is 10.1. The summed E-state index contributed by atoms with van der Waals surface area (Å²) in [6.45, 7) is 4.84. The highest BCUT2D eigenvalue weighted by atomic mass is 35.5. The maximum atomic E-state index is 9.40. The average Bonchev–Trinajstić information content (AvgIpc) is 2.59. The molecule has 0 saturated heterocycles.